The summed E-state index contributed by atoms with van der Waals surface area (Å²) in [6.45, 7) is 9.69. The number of carbonyl (C=O) groups excluding carboxylic acids is 2. The maximum absolute atomic E-state index is 13.0. The molecule has 0 saturated carbocycles. The zero-order chi connectivity index (χ0) is 22.1. The predicted octanol–water partition coefficient (Wildman–Crippen LogP) is 3.63. The number of hydrogen-bond acceptors (Lipinski definition) is 4. The van der Waals surface area contributed by atoms with E-state index < -0.39 is 17.7 Å². The summed E-state index contributed by atoms with van der Waals surface area (Å²) in [5, 5.41) is 13.2. The molecular formula is C24H30N2O4. The fraction of sp³-hybridized carbons (Fsp3) is 0.417. The molecule has 0 radical (unpaired) electrons. The Kier molecular flexibility index (Phi) is 6.17. The van der Waals surface area contributed by atoms with Gasteiger partial charge in [0.25, 0.3) is 5.91 Å². The summed E-state index contributed by atoms with van der Waals surface area (Å²) < 4.78 is 5.66. The molecule has 2 aromatic rings. The van der Waals surface area contributed by atoms with Gasteiger partial charge in [-0.15, -0.1) is 0 Å². The lowest BCUT2D eigenvalue weighted by atomic mass is 9.90. The third-order valence-electron chi connectivity index (χ3n) is 5.46. The number of nitrogens with zero attached hydrogens (tertiary/aromatic N) is 1. The summed E-state index contributed by atoms with van der Waals surface area (Å²) in [5.41, 5.74) is 2.85. The molecule has 160 valence electrons. The Balaban J connectivity index is 1.66. The average Bonchev–Trinajstić information content (AvgIpc) is 2.90. The first-order valence-corrected chi connectivity index (χ1v) is 10.2. The van der Waals surface area contributed by atoms with Gasteiger partial charge in [0.05, 0.1) is 6.54 Å². The van der Waals surface area contributed by atoms with E-state index in [0.29, 0.717) is 17.2 Å². The Hall–Kier alpha value is -2.86. The van der Waals surface area contributed by atoms with Gasteiger partial charge in [-0.1, -0.05) is 44.2 Å². The molecule has 6 heteroatoms. The molecule has 6 nitrogen and oxygen atoms in total. The van der Waals surface area contributed by atoms with E-state index in [1.165, 1.54) is 0 Å². The highest BCUT2D eigenvalue weighted by atomic mass is 16.5. The Morgan fingerprint density at radius 2 is 1.67 bits per heavy atom. The SMILES string of the molecule is Cc1cc(C)cc(OC[C@H](O)CN2C(=O)N[C@@](C)(c3ccc(C(C)C)cc3)C2=O)c1. The van der Waals surface area contributed by atoms with E-state index in [1.807, 2.05) is 56.3 Å². The van der Waals surface area contributed by atoms with E-state index in [9.17, 15) is 14.7 Å². The molecule has 1 fully saturated rings. The Labute approximate surface area is 177 Å². The number of benzene rings is 2. The molecule has 3 rings (SSSR count). The van der Waals surface area contributed by atoms with Gasteiger partial charge in [-0.3, -0.25) is 9.69 Å². The average molecular weight is 411 g/mol. The van der Waals surface area contributed by atoms with Crippen molar-refractivity contribution in [1.29, 1.82) is 0 Å². The van der Waals surface area contributed by atoms with Crippen molar-refractivity contribution in [3.05, 3.63) is 64.7 Å². The highest BCUT2D eigenvalue weighted by molar-refractivity contribution is 6.07. The largest absolute Gasteiger partial charge is 0.491 e. The van der Waals surface area contributed by atoms with Crippen LogP contribution in [0.2, 0.25) is 0 Å². The third-order valence-corrected chi connectivity index (χ3v) is 5.46. The highest BCUT2D eigenvalue weighted by Gasteiger charge is 2.49. The van der Waals surface area contributed by atoms with E-state index in [1.54, 1.807) is 6.92 Å². The standard InChI is InChI=1S/C24H30N2O4/c1-15(2)18-6-8-19(9-7-18)24(5)22(28)26(23(29)25-24)13-20(27)14-30-21-11-16(3)10-17(4)12-21/h6-12,15,20,27H,13-14H2,1-5H3,(H,25,29)/t20-,24+/m1/s1. The summed E-state index contributed by atoms with van der Waals surface area (Å²) in [5.74, 6) is 0.652. The lowest BCUT2D eigenvalue weighted by Gasteiger charge is -2.23. The van der Waals surface area contributed by atoms with Crippen LogP contribution in [0.3, 0.4) is 0 Å². The van der Waals surface area contributed by atoms with Crippen LogP contribution in [0, 0.1) is 13.8 Å². The molecular weight excluding hydrogens is 380 g/mol. The van der Waals surface area contributed by atoms with Gasteiger partial charge in [-0.2, -0.15) is 0 Å². The molecule has 0 aromatic heterocycles. The van der Waals surface area contributed by atoms with Gasteiger partial charge in [0.2, 0.25) is 0 Å². The number of amides is 3. The van der Waals surface area contributed by atoms with Crippen LogP contribution >= 0.6 is 0 Å². The monoisotopic (exact) mass is 410 g/mol. The number of nitrogens with one attached hydrogen (secondary N) is 1. The topological polar surface area (TPSA) is 78.9 Å². The molecule has 1 saturated heterocycles. The third kappa shape index (κ3) is 4.49. The molecule has 0 spiro atoms. The van der Waals surface area contributed by atoms with Crippen molar-refractivity contribution in [2.75, 3.05) is 13.2 Å². The fourth-order valence-electron chi connectivity index (χ4n) is 3.73. The van der Waals surface area contributed by atoms with Gasteiger partial charge < -0.3 is 15.2 Å². The second-order valence-electron chi connectivity index (χ2n) is 8.54. The molecule has 0 bridgehead atoms. The van der Waals surface area contributed by atoms with Crippen LogP contribution in [0.15, 0.2) is 42.5 Å². The van der Waals surface area contributed by atoms with Gasteiger partial charge in [0, 0.05) is 0 Å². The van der Waals surface area contributed by atoms with Gasteiger partial charge in [-0.25, -0.2) is 4.79 Å². The van der Waals surface area contributed by atoms with Crippen LogP contribution in [-0.2, 0) is 10.3 Å². The number of hydrogen-bond donors (Lipinski definition) is 2. The number of urea groups is 1. The van der Waals surface area contributed by atoms with Gasteiger partial charge >= 0.3 is 6.03 Å². The second-order valence-corrected chi connectivity index (χ2v) is 8.54. The van der Waals surface area contributed by atoms with Crippen molar-refractivity contribution in [3.8, 4) is 5.75 Å². The van der Waals surface area contributed by atoms with E-state index in [0.717, 1.165) is 21.6 Å². The molecule has 2 atom stereocenters. The summed E-state index contributed by atoms with van der Waals surface area (Å²) >= 11 is 0. The minimum Gasteiger partial charge on any atom is -0.491 e. The van der Waals surface area contributed by atoms with Crippen LogP contribution in [-0.4, -0.2) is 41.2 Å². The zero-order valence-electron chi connectivity index (χ0n) is 18.2. The minimum absolute atomic E-state index is 0.0141. The summed E-state index contributed by atoms with van der Waals surface area (Å²) in [7, 11) is 0. The Bertz CT molecular complexity index is 918. The van der Waals surface area contributed by atoms with Crippen LogP contribution in [0.1, 0.15) is 48.9 Å². The number of carbonyl (C=O) groups is 2. The molecule has 30 heavy (non-hydrogen) atoms. The number of ether oxygens (including phenoxy) is 1. The predicted molar refractivity (Wildman–Crippen MR) is 116 cm³/mol. The quantitative estimate of drug-likeness (QED) is 0.683. The van der Waals surface area contributed by atoms with Crippen molar-refractivity contribution < 1.29 is 19.4 Å². The smallest absolute Gasteiger partial charge is 0.325 e. The lowest BCUT2D eigenvalue weighted by Crippen LogP contribution is -2.42. The number of aryl methyl sites for hydroxylation is 2. The first-order valence-electron chi connectivity index (χ1n) is 10.2. The molecule has 0 unspecified atom stereocenters. The van der Waals surface area contributed by atoms with Crippen LogP contribution in [0.5, 0.6) is 5.75 Å². The maximum Gasteiger partial charge on any atom is 0.325 e. The van der Waals surface area contributed by atoms with E-state index in [4.69, 9.17) is 4.74 Å². The normalized spacial score (nSPS) is 19.9. The first kappa shape index (κ1) is 21.8. The highest BCUT2D eigenvalue weighted by Crippen LogP contribution is 2.30. The van der Waals surface area contributed by atoms with Gasteiger partial charge in [0.1, 0.15) is 24.0 Å². The second kappa shape index (κ2) is 8.48. The molecule has 2 N–H and O–H groups in total. The van der Waals surface area contributed by atoms with Crippen molar-refractivity contribution in [1.82, 2.24) is 10.2 Å². The number of aliphatic hydroxyl groups is 1. The van der Waals surface area contributed by atoms with Gasteiger partial charge in [0.15, 0.2) is 0 Å². The first-order chi connectivity index (χ1) is 14.1. The molecule has 1 aliphatic heterocycles. The lowest BCUT2D eigenvalue weighted by molar-refractivity contribution is -0.132. The molecule has 2 aromatic carbocycles. The van der Waals surface area contributed by atoms with Crippen molar-refractivity contribution in [2.45, 2.75) is 52.2 Å². The Morgan fingerprint density at radius 1 is 1.07 bits per heavy atom. The molecule has 1 aliphatic rings. The number of rotatable bonds is 7. The molecule has 0 aliphatic carbocycles. The van der Waals surface area contributed by atoms with E-state index in [2.05, 4.69) is 19.2 Å². The van der Waals surface area contributed by atoms with Gasteiger partial charge in [-0.05, 0) is 61.1 Å². The van der Waals surface area contributed by atoms with E-state index >= 15 is 0 Å². The molecule has 3 amide bonds. The zero-order valence-corrected chi connectivity index (χ0v) is 18.2. The Morgan fingerprint density at radius 3 is 2.23 bits per heavy atom. The maximum atomic E-state index is 13.0. The van der Waals surface area contributed by atoms with Crippen LogP contribution in [0.4, 0.5) is 4.79 Å². The van der Waals surface area contributed by atoms with Crippen molar-refractivity contribution in [2.24, 2.45) is 0 Å². The minimum atomic E-state index is -1.15. The number of β-amino-alcohol motifs (C(OH)–C–C–N with tert-alkyl or cyclic N) is 1. The molecule has 1 heterocycles. The van der Waals surface area contributed by atoms with E-state index in [-0.39, 0.29) is 19.1 Å². The van der Waals surface area contributed by atoms with Crippen molar-refractivity contribution in [3.63, 3.8) is 0 Å². The summed E-state index contributed by atoms with van der Waals surface area (Å²) in [4.78, 5) is 26.6. The number of aliphatic hydroxyl groups excluding tert-OH is 1. The fourth-order valence-corrected chi connectivity index (χ4v) is 3.73. The van der Waals surface area contributed by atoms with Crippen LogP contribution < -0.4 is 10.1 Å². The van der Waals surface area contributed by atoms with Crippen molar-refractivity contribution >= 4 is 11.9 Å². The number of imide groups is 1. The summed E-state index contributed by atoms with van der Waals surface area (Å²) in [6, 6.07) is 13.0. The summed E-state index contributed by atoms with van der Waals surface area (Å²) in [6.07, 6.45) is -0.994. The van der Waals surface area contributed by atoms with Crippen LogP contribution in [0.25, 0.3) is 0 Å².